The van der Waals surface area contributed by atoms with E-state index in [1.165, 1.54) is 19.3 Å². The van der Waals surface area contributed by atoms with Gasteiger partial charge in [-0.1, -0.05) is 0 Å². The molecule has 2 aliphatic heterocycles. The minimum absolute atomic E-state index is 0.0697. The molecule has 100 valence electrons. The highest BCUT2D eigenvalue weighted by Gasteiger charge is 2.33. The number of rotatable bonds is 4. The van der Waals surface area contributed by atoms with Crippen molar-refractivity contribution in [2.75, 3.05) is 31.1 Å². The van der Waals surface area contributed by atoms with Crippen molar-refractivity contribution in [2.24, 2.45) is 0 Å². The molecule has 1 aromatic rings. The van der Waals surface area contributed by atoms with E-state index in [1.807, 2.05) is 0 Å². The molecule has 0 atom stereocenters. The number of hydrogen-bond acceptors (Lipinski definition) is 6. The maximum atomic E-state index is 5.77. The molecule has 3 heterocycles. The molecule has 0 spiro atoms. The SMILES string of the molecule is CC1(OCc2nc(N3CCCCC3)no2)CNC1. The average molecular weight is 252 g/mol. The van der Waals surface area contributed by atoms with Crippen LogP contribution >= 0.6 is 0 Å². The summed E-state index contributed by atoms with van der Waals surface area (Å²) in [5.41, 5.74) is -0.0697. The third-order valence-corrected chi connectivity index (χ3v) is 3.64. The summed E-state index contributed by atoms with van der Waals surface area (Å²) in [5.74, 6) is 1.29. The topological polar surface area (TPSA) is 63.4 Å². The van der Waals surface area contributed by atoms with Gasteiger partial charge in [-0.25, -0.2) is 0 Å². The van der Waals surface area contributed by atoms with Crippen LogP contribution in [-0.2, 0) is 11.3 Å². The van der Waals surface area contributed by atoms with Crippen LogP contribution in [0.15, 0.2) is 4.52 Å². The van der Waals surface area contributed by atoms with Crippen LogP contribution in [0.1, 0.15) is 32.1 Å². The number of aromatic nitrogens is 2. The molecule has 2 saturated heterocycles. The lowest BCUT2D eigenvalue weighted by atomic mass is 10.0. The summed E-state index contributed by atoms with van der Waals surface area (Å²) in [6, 6.07) is 0. The van der Waals surface area contributed by atoms with Crippen LogP contribution in [-0.4, -0.2) is 41.9 Å². The van der Waals surface area contributed by atoms with E-state index in [-0.39, 0.29) is 5.60 Å². The third kappa shape index (κ3) is 2.49. The molecule has 0 unspecified atom stereocenters. The van der Waals surface area contributed by atoms with Gasteiger partial charge >= 0.3 is 0 Å². The van der Waals surface area contributed by atoms with Crippen LogP contribution in [0.5, 0.6) is 0 Å². The number of hydrogen-bond donors (Lipinski definition) is 1. The van der Waals surface area contributed by atoms with Crippen LogP contribution < -0.4 is 10.2 Å². The van der Waals surface area contributed by atoms with Crippen LogP contribution in [0.4, 0.5) is 5.95 Å². The Bertz CT molecular complexity index is 397. The molecule has 0 bridgehead atoms. The monoisotopic (exact) mass is 252 g/mol. The van der Waals surface area contributed by atoms with Gasteiger partial charge in [0.05, 0.1) is 5.60 Å². The van der Waals surface area contributed by atoms with Crippen LogP contribution in [0, 0.1) is 0 Å². The van der Waals surface area contributed by atoms with E-state index >= 15 is 0 Å². The van der Waals surface area contributed by atoms with Crippen molar-refractivity contribution in [3.8, 4) is 0 Å². The highest BCUT2D eigenvalue weighted by Crippen LogP contribution is 2.19. The largest absolute Gasteiger partial charge is 0.363 e. The van der Waals surface area contributed by atoms with Crippen molar-refractivity contribution in [1.29, 1.82) is 0 Å². The van der Waals surface area contributed by atoms with Gasteiger partial charge in [0.15, 0.2) is 0 Å². The van der Waals surface area contributed by atoms with E-state index in [9.17, 15) is 0 Å². The average Bonchev–Trinajstić information content (AvgIpc) is 2.84. The summed E-state index contributed by atoms with van der Waals surface area (Å²) in [6.07, 6.45) is 3.73. The first-order valence-electron chi connectivity index (χ1n) is 6.67. The van der Waals surface area contributed by atoms with E-state index in [4.69, 9.17) is 9.26 Å². The molecule has 6 nitrogen and oxygen atoms in total. The van der Waals surface area contributed by atoms with E-state index in [0.717, 1.165) is 26.2 Å². The summed E-state index contributed by atoms with van der Waals surface area (Å²) >= 11 is 0. The first-order chi connectivity index (χ1) is 8.75. The van der Waals surface area contributed by atoms with E-state index < -0.39 is 0 Å². The van der Waals surface area contributed by atoms with Gasteiger partial charge in [-0.05, 0) is 31.3 Å². The maximum Gasteiger partial charge on any atom is 0.266 e. The third-order valence-electron chi connectivity index (χ3n) is 3.64. The van der Waals surface area contributed by atoms with Crippen molar-refractivity contribution in [3.05, 3.63) is 5.89 Å². The van der Waals surface area contributed by atoms with Gasteiger partial charge in [-0.3, -0.25) is 0 Å². The zero-order chi connectivity index (χ0) is 12.4. The predicted octanol–water partition coefficient (Wildman–Crippen LogP) is 0.938. The summed E-state index contributed by atoms with van der Waals surface area (Å²) < 4.78 is 11.0. The van der Waals surface area contributed by atoms with Crippen molar-refractivity contribution < 1.29 is 9.26 Å². The predicted molar refractivity (Wildman–Crippen MR) is 66.4 cm³/mol. The highest BCUT2D eigenvalue weighted by molar-refractivity contribution is 5.27. The summed E-state index contributed by atoms with van der Waals surface area (Å²) in [5, 5.41) is 7.22. The molecule has 18 heavy (non-hydrogen) atoms. The van der Waals surface area contributed by atoms with E-state index in [0.29, 0.717) is 18.4 Å². The van der Waals surface area contributed by atoms with Gasteiger partial charge in [-0.2, -0.15) is 4.98 Å². The van der Waals surface area contributed by atoms with Gasteiger partial charge in [-0.15, -0.1) is 0 Å². The molecular weight excluding hydrogens is 232 g/mol. The lowest BCUT2D eigenvalue weighted by molar-refractivity contribution is -0.0841. The van der Waals surface area contributed by atoms with E-state index in [1.54, 1.807) is 0 Å². The number of anilines is 1. The molecule has 3 rings (SSSR count). The van der Waals surface area contributed by atoms with Crippen LogP contribution in [0.3, 0.4) is 0 Å². The standard InChI is InChI=1S/C12H20N4O2/c1-12(8-13-9-12)17-7-10-14-11(15-18-10)16-5-3-2-4-6-16/h13H,2-9H2,1H3. The quantitative estimate of drug-likeness (QED) is 0.860. The molecular formula is C12H20N4O2. The highest BCUT2D eigenvalue weighted by atomic mass is 16.5. The fourth-order valence-corrected chi connectivity index (χ4v) is 2.34. The van der Waals surface area contributed by atoms with Crippen molar-refractivity contribution in [1.82, 2.24) is 15.5 Å². The minimum atomic E-state index is -0.0697. The zero-order valence-corrected chi connectivity index (χ0v) is 10.8. The Kier molecular flexibility index (Phi) is 3.22. The molecule has 0 aliphatic carbocycles. The molecule has 1 aromatic heterocycles. The van der Waals surface area contributed by atoms with Crippen molar-refractivity contribution in [2.45, 2.75) is 38.4 Å². The van der Waals surface area contributed by atoms with E-state index in [2.05, 4.69) is 27.3 Å². The van der Waals surface area contributed by atoms with Gasteiger partial charge in [0.25, 0.3) is 11.8 Å². The van der Waals surface area contributed by atoms with Gasteiger partial charge in [0, 0.05) is 26.2 Å². The molecule has 6 heteroatoms. The second-order valence-electron chi connectivity index (χ2n) is 5.38. The zero-order valence-electron chi connectivity index (χ0n) is 10.8. The van der Waals surface area contributed by atoms with Gasteiger partial charge in [0.1, 0.15) is 6.61 Å². The molecule has 0 radical (unpaired) electrons. The fourth-order valence-electron chi connectivity index (χ4n) is 2.34. The Balaban J connectivity index is 1.55. The summed E-state index contributed by atoms with van der Waals surface area (Å²) in [7, 11) is 0. The second kappa shape index (κ2) is 4.85. The van der Waals surface area contributed by atoms with Crippen molar-refractivity contribution in [3.63, 3.8) is 0 Å². The number of ether oxygens (including phenoxy) is 1. The lowest BCUT2D eigenvalue weighted by Crippen LogP contribution is -2.58. The van der Waals surface area contributed by atoms with Crippen LogP contribution in [0.2, 0.25) is 0 Å². The number of piperidine rings is 1. The van der Waals surface area contributed by atoms with Gasteiger partial charge < -0.3 is 19.5 Å². The number of nitrogens with zero attached hydrogens (tertiary/aromatic N) is 3. The Labute approximate surface area is 107 Å². The first-order valence-corrected chi connectivity index (χ1v) is 6.67. The second-order valence-corrected chi connectivity index (χ2v) is 5.38. The lowest BCUT2D eigenvalue weighted by Gasteiger charge is -2.38. The Morgan fingerprint density at radius 1 is 1.33 bits per heavy atom. The Hall–Kier alpha value is -1.14. The van der Waals surface area contributed by atoms with Gasteiger partial charge in [0.2, 0.25) is 0 Å². The molecule has 0 saturated carbocycles. The molecule has 2 aliphatic rings. The molecule has 0 amide bonds. The molecule has 0 aromatic carbocycles. The van der Waals surface area contributed by atoms with Crippen LogP contribution in [0.25, 0.3) is 0 Å². The Morgan fingerprint density at radius 3 is 2.78 bits per heavy atom. The van der Waals surface area contributed by atoms with Crippen molar-refractivity contribution >= 4 is 5.95 Å². The fraction of sp³-hybridized carbons (Fsp3) is 0.833. The smallest absolute Gasteiger partial charge is 0.266 e. The molecule has 2 fully saturated rings. The first kappa shape index (κ1) is 11.9. The maximum absolute atomic E-state index is 5.77. The minimum Gasteiger partial charge on any atom is -0.363 e. The summed E-state index contributed by atoms with van der Waals surface area (Å²) in [4.78, 5) is 6.58. The number of nitrogens with one attached hydrogen (secondary N) is 1. The normalized spacial score (nSPS) is 22.8. The molecule has 1 N–H and O–H groups in total. The Morgan fingerprint density at radius 2 is 2.11 bits per heavy atom. The summed E-state index contributed by atoms with van der Waals surface area (Å²) in [6.45, 7) is 6.33.